The van der Waals surface area contributed by atoms with Gasteiger partial charge < -0.3 is 20.5 Å². The standard InChI is InChI=1S/C17H22N2O4/c1-4-13(18-9(2)3)16(21)11-5-6-12(17(22)23)15-10(11)7-8-14(20)19-15/h5-9,13,16,18,21H,4H2,1-3H3,(H,19,20)(H,22,23). The van der Waals surface area contributed by atoms with Crippen molar-refractivity contribution in [3.8, 4) is 0 Å². The Balaban J connectivity index is 2.59. The SMILES string of the molecule is CCC(NC(C)C)C(O)c1ccc(C(=O)O)c2[nH]c(=O)ccc12. The Bertz CT molecular complexity index is 767. The molecular weight excluding hydrogens is 296 g/mol. The molecule has 2 aromatic rings. The zero-order valence-electron chi connectivity index (χ0n) is 13.5. The number of carboxylic acids is 1. The van der Waals surface area contributed by atoms with Gasteiger partial charge >= 0.3 is 5.97 Å². The Morgan fingerprint density at radius 1 is 1.26 bits per heavy atom. The summed E-state index contributed by atoms with van der Waals surface area (Å²) in [6.07, 6.45) is -0.0936. The molecule has 0 aliphatic rings. The van der Waals surface area contributed by atoms with E-state index < -0.39 is 12.1 Å². The maximum atomic E-state index is 11.6. The molecule has 23 heavy (non-hydrogen) atoms. The van der Waals surface area contributed by atoms with Crippen molar-refractivity contribution in [2.75, 3.05) is 0 Å². The van der Waals surface area contributed by atoms with E-state index in [-0.39, 0.29) is 28.7 Å². The second-order valence-corrected chi connectivity index (χ2v) is 5.90. The maximum Gasteiger partial charge on any atom is 0.337 e. The van der Waals surface area contributed by atoms with Crippen LogP contribution in [0.5, 0.6) is 0 Å². The topological polar surface area (TPSA) is 102 Å². The molecular formula is C17H22N2O4. The predicted octanol–water partition coefficient (Wildman–Crippen LogP) is 2.04. The van der Waals surface area contributed by atoms with Crippen molar-refractivity contribution >= 4 is 16.9 Å². The van der Waals surface area contributed by atoms with Gasteiger partial charge in [-0.1, -0.05) is 26.8 Å². The highest BCUT2D eigenvalue weighted by Gasteiger charge is 2.23. The number of aromatic nitrogens is 1. The number of carbonyl (C=O) groups is 1. The van der Waals surface area contributed by atoms with Crippen molar-refractivity contribution in [2.24, 2.45) is 0 Å². The first-order valence-corrected chi connectivity index (χ1v) is 7.68. The molecule has 6 heteroatoms. The van der Waals surface area contributed by atoms with E-state index in [4.69, 9.17) is 0 Å². The number of H-pyrrole nitrogens is 1. The van der Waals surface area contributed by atoms with E-state index in [1.54, 1.807) is 12.1 Å². The number of hydrogen-bond acceptors (Lipinski definition) is 4. The Kier molecular flexibility index (Phi) is 5.18. The number of nitrogens with one attached hydrogen (secondary N) is 2. The van der Waals surface area contributed by atoms with Crippen LogP contribution in [0.4, 0.5) is 0 Å². The van der Waals surface area contributed by atoms with Crippen LogP contribution in [0.15, 0.2) is 29.1 Å². The lowest BCUT2D eigenvalue weighted by Gasteiger charge is -2.26. The zero-order valence-corrected chi connectivity index (χ0v) is 13.5. The third-order valence-corrected chi connectivity index (χ3v) is 3.85. The summed E-state index contributed by atoms with van der Waals surface area (Å²) in [6.45, 7) is 5.97. The minimum absolute atomic E-state index is 0.0125. The number of aliphatic hydroxyl groups is 1. The summed E-state index contributed by atoms with van der Waals surface area (Å²) >= 11 is 0. The molecule has 0 radical (unpaired) electrons. The van der Waals surface area contributed by atoms with E-state index in [2.05, 4.69) is 10.3 Å². The van der Waals surface area contributed by atoms with Crippen LogP contribution in [0, 0.1) is 0 Å². The molecule has 6 nitrogen and oxygen atoms in total. The molecule has 4 N–H and O–H groups in total. The summed E-state index contributed by atoms with van der Waals surface area (Å²) in [4.78, 5) is 25.5. The molecule has 1 aromatic carbocycles. The van der Waals surface area contributed by atoms with Crippen molar-refractivity contribution in [1.29, 1.82) is 0 Å². The molecule has 0 saturated heterocycles. The molecule has 0 fully saturated rings. The molecule has 0 aliphatic heterocycles. The zero-order chi connectivity index (χ0) is 17.1. The van der Waals surface area contributed by atoms with Crippen LogP contribution in [0.1, 0.15) is 49.2 Å². The smallest absolute Gasteiger partial charge is 0.337 e. The Morgan fingerprint density at radius 3 is 2.52 bits per heavy atom. The van der Waals surface area contributed by atoms with Crippen LogP contribution in [-0.2, 0) is 0 Å². The van der Waals surface area contributed by atoms with Gasteiger partial charge in [0.2, 0.25) is 5.56 Å². The van der Waals surface area contributed by atoms with Gasteiger partial charge in [-0.15, -0.1) is 0 Å². The minimum Gasteiger partial charge on any atom is -0.478 e. The monoisotopic (exact) mass is 318 g/mol. The fraction of sp³-hybridized carbons (Fsp3) is 0.412. The van der Waals surface area contributed by atoms with Gasteiger partial charge in [-0.05, 0) is 24.1 Å². The molecule has 2 rings (SSSR count). The number of rotatable bonds is 6. The number of pyridine rings is 1. The summed E-state index contributed by atoms with van der Waals surface area (Å²) in [5.41, 5.74) is 0.472. The summed E-state index contributed by atoms with van der Waals surface area (Å²) in [7, 11) is 0. The van der Waals surface area contributed by atoms with Crippen molar-refractivity contribution in [3.05, 3.63) is 45.7 Å². The average Bonchev–Trinajstić information content (AvgIpc) is 2.50. The van der Waals surface area contributed by atoms with Crippen LogP contribution in [0.25, 0.3) is 10.9 Å². The number of benzene rings is 1. The molecule has 0 aliphatic carbocycles. The van der Waals surface area contributed by atoms with Crippen molar-refractivity contribution in [2.45, 2.75) is 45.4 Å². The fourth-order valence-corrected chi connectivity index (χ4v) is 2.79. The van der Waals surface area contributed by atoms with Crippen LogP contribution in [-0.4, -0.2) is 33.3 Å². The molecule has 0 spiro atoms. The first-order chi connectivity index (χ1) is 10.8. The molecule has 0 bridgehead atoms. The molecule has 2 atom stereocenters. The molecule has 124 valence electrons. The predicted molar refractivity (Wildman–Crippen MR) is 88.8 cm³/mol. The number of hydrogen-bond donors (Lipinski definition) is 4. The summed E-state index contributed by atoms with van der Waals surface area (Å²) in [5, 5.41) is 23.9. The number of aliphatic hydroxyl groups excluding tert-OH is 1. The third kappa shape index (κ3) is 3.60. The van der Waals surface area contributed by atoms with Crippen LogP contribution < -0.4 is 10.9 Å². The van der Waals surface area contributed by atoms with Crippen molar-refractivity contribution in [3.63, 3.8) is 0 Å². The Labute approximate surface area is 134 Å². The molecule has 0 amide bonds. The second kappa shape index (κ2) is 6.93. The normalized spacial score (nSPS) is 14.1. The molecule has 2 unspecified atom stereocenters. The van der Waals surface area contributed by atoms with E-state index in [9.17, 15) is 19.8 Å². The quantitative estimate of drug-likeness (QED) is 0.653. The van der Waals surface area contributed by atoms with E-state index in [0.29, 0.717) is 17.4 Å². The van der Waals surface area contributed by atoms with Gasteiger partial charge in [0.1, 0.15) is 0 Å². The number of fused-ring (bicyclic) bond motifs is 1. The highest BCUT2D eigenvalue weighted by Crippen LogP contribution is 2.28. The molecule has 1 heterocycles. The van der Waals surface area contributed by atoms with Gasteiger partial charge in [0.15, 0.2) is 0 Å². The van der Waals surface area contributed by atoms with Crippen molar-refractivity contribution < 1.29 is 15.0 Å². The average molecular weight is 318 g/mol. The highest BCUT2D eigenvalue weighted by molar-refractivity contribution is 6.02. The van der Waals surface area contributed by atoms with E-state index in [1.165, 1.54) is 12.1 Å². The van der Waals surface area contributed by atoms with Crippen LogP contribution >= 0.6 is 0 Å². The van der Waals surface area contributed by atoms with Gasteiger partial charge in [-0.3, -0.25) is 4.79 Å². The van der Waals surface area contributed by atoms with Gasteiger partial charge in [0.05, 0.1) is 17.2 Å². The Morgan fingerprint density at radius 2 is 1.96 bits per heavy atom. The summed E-state index contributed by atoms with van der Waals surface area (Å²) < 4.78 is 0. The van der Waals surface area contributed by atoms with Crippen LogP contribution in [0.2, 0.25) is 0 Å². The Hall–Kier alpha value is -2.18. The first-order valence-electron chi connectivity index (χ1n) is 7.68. The summed E-state index contributed by atoms with van der Waals surface area (Å²) in [5.74, 6) is -1.12. The number of aromatic amines is 1. The third-order valence-electron chi connectivity index (χ3n) is 3.85. The number of aromatic carboxylic acids is 1. The van der Waals surface area contributed by atoms with E-state index in [0.717, 1.165) is 0 Å². The lowest BCUT2D eigenvalue weighted by molar-refractivity contribution is 0.0698. The molecule has 1 aromatic heterocycles. The minimum atomic E-state index is -1.12. The van der Waals surface area contributed by atoms with Crippen molar-refractivity contribution in [1.82, 2.24) is 10.3 Å². The van der Waals surface area contributed by atoms with E-state index >= 15 is 0 Å². The van der Waals surface area contributed by atoms with Crippen LogP contribution in [0.3, 0.4) is 0 Å². The first kappa shape index (κ1) is 17.2. The van der Waals surface area contributed by atoms with Gasteiger partial charge in [0.25, 0.3) is 0 Å². The number of carboxylic acid groups (broad SMARTS) is 1. The lowest BCUT2D eigenvalue weighted by atomic mass is 9.94. The van der Waals surface area contributed by atoms with Gasteiger partial charge in [0, 0.05) is 23.5 Å². The second-order valence-electron chi connectivity index (χ2n) is 5.90. The molecule has 0 saturated carbocycles. The highest BCUT2D eigenvalue weighted by atomic mass is 16.4. The van der Waals surface area contributed by atoms with E-state index in [1.807, 2.05) is 20.8 Å². The van der Waals surface area contributed by atoms with Gasteiger partial charge in [-0.2, -0.15) is 0 Å². The summed E-state index contributed by atoms with van der Waals surface area (Å²) in [6, 6.07) is 5.96. The fourth-order valence-electron chi connectivity index (χ4n) is 2.79. The maximum absolute atomic E-state index is 11.6. The lowest BCUT2D eigenvalue weighted by Crippen LogP contribution is -2.39. The largest absolute Gasteiger partial charge is 0.478 e. The van der Waals surface area contributed by atoms with Gasteiger partial charge in [-0.25, -0.2) is 4.79 Å².